The van der Waals surface area contributed by atoms with Gasteiger partial charge >= 0.3 is 0 Å². The Morgan fingerprint density at radius 1 is 0.784 bits per heavy atom. The van der Waals surface area contributed by atoms with E-state index in [9.17, 15) is 4.79 Å². The van der Waals surface area contributed by atoms with Crippen LogP contribution in [0.15, 0.2) is 102 Å². The van der Waals surface area contributed by atoms with Crippen LogP contribution in [0, 0.1) is 0 Å². The Labute approximate surface area is 211 Å². The number of ether oxygens (including phenoxy) is 1. The first-order chi connectivity index (χ1) is 18.2. The van der Waals surface area contributed by atoms with Gasteiger partial charge in [0, 0.05) is 5.56 Å². The second-order valence-corrected chi connectivity index (χ2v) is 8.21. The van der Waals surface area contributed by atoms with Gasteiger partial charge in [-0.1, -0.05) is 72.8 Å². The van der Waals surface area contributed by atoms with E-state index in [0.717, 1.165) is 22.4 Å². The van der Waals surface area contributed by atoms with E-state index in [0.29, 0.717) is 28.3 Å². The maximum Gasteiger partial charge on any atom is 0.282 e. The topological polar surface area (TPSA) is 110 Å². The monoisotopic (exact) mass is 487 g/mol. The minimum atomic E-state index is -0.272. The lowest BCUT2D eigenvalue weighted by molar-refractivity contribution is 0.415. The first kappa shape index (κ1) is 22.2. The fourth-order valence-electron chi connectivity index (χ4n) is 4.28. The van der Waals surface area contributed by atoms with E-state index in [1.165, 1.54) is 17.2 Å². The Bertz CT molecular complexity index is 1730. The molecule has 0 aliphatic rings. The Kier molecular flexibility index (Phi) is 5.62. The third-order valence-electron chi connectivity index (χ3n) is 6.01. The number of hydrogen-bond acceptors (Lipinski definition) is 7. The standard InChI is InChI=1S/C28H21N7O2/c1-37-21-14-12-19(13-15-21)23-25(33-28-30-16-29-17-31-28)32-26-22(18-8-4-2-5-9-18)24(34-35(26)27(23)36)20-10-6-3-7-11-20/h2-17,34H,1H3,(H,29,30,31,33). The van der Waals surface area contributed by atoms with E-state index in [4.69, 9.17) is 9.72 Å². The van der Waals surface area contributed by atoms with Crippen molar-refractivity contribution in [3.8, 4) is 39.3 Å². The molecule has 9 heteroatoms. The van der Waals surface area contributed by atoms with Gasteiger partial charge in [0.2, 0.25) is 5.95 Å². The Morgan fingerprint density at radius 3 is 2.05 bits per heavy atom. The van der Waals surface area contributed by atoms with Crippen LogP contribution in [0.1, 0.15) is 0 Å². The van der Waals surface area contributed by atoms with Crippen molar-refractivity contribution in [2.24, 2.45) is 0 Å². The average Bonchev–Trinajstić information content (AvgIpc) is 3.35. The molecule has 0 saturated heterocycles. The molecular formula is C28H21N7O2. The van der Waals surface area contributed by atoms with Gasteiger partial charge in [-0.15, -0.1) is 0 Å². The van der Waals surface area contributed by atoms with Crippen LogP contribution in [0.2, 0.25) is 0 Å². The van der Waals surface area contributed by atoms with Crippen molar-refractivity contribution < 1.29 is 4.74 Å². The van der Waals surface area contributed by atoms with Gasteiger partial charge in [0.05, 0.1) is 23.9 Å². The van der Waals surface area contributed by atoms with Gasteiger partial charge in [0.1, 0.15) is 24.2 Å². The molecule has 6 rings (SSSR count). The number of benzene rings is 3. The lowest BCUT2D eigenvalue weighted by Crippen LogP contribution is -2.20. The molecule has 9 nitrogen and oxygen atoms in total. The van der Waals surface area contributed by atoms with Crippen LogP contribution in [-0.4, -0.2) is 36.7 Å². The van der Waals surface area contributed by atoms with E-state index in [1.54, 1.807) is 19.2 Å². The van der Waals surface area contributed by atoms with Crippen molar-refractivity contribution >= 4 is 17.4 Å². The van der Waals surface area contributed by atoms with Crippen LogP contribution < -0.4 is 15.6 Å². The van der Waals surface area contributed by atoms with Crippen molar-refractivity contribution in [1.82, 2.24) is 29.5 Å². The van der Waals surface area contributed by atoms with Crippen molar-refractivity contribution in [3.05, 3.63) is 108 Å². The average molecular weight is 488 g/mol. The number of hydrogen-bond donors (Lipinski definition) is 2. The summed E-state index contributed by atoms with van der Waals surface area (Å²) in [6, 6.07) is 27.0. The lowest BCUT2D eigenvalue weighted by Gasteiger charge is -2.11. The maximum atomic E-state index is 14.1. The number of H-pyrrole nitrogens is 1. The smallest absolute Gasteiger partial charge is 0.282 e. The summed E-state index contributed by atoms with van der Waals surface area (Å²) in [6.45, 7) is 0. The molecule has 0 aliphatic heterocycles. The number of methoxy groups -OCH3 is 1. The zero-order valence-electron chi connectivity index (χ0n) is 19.8. The molecule has 0 amide bonds. The molecule has 0 spiro atoms. The van der Waals surface area contributed by atoms with Crippen LogP contribution in [0.5, 0.6) is 5.75 Å². The molecule has 180 valence electrons. The number of nitrogens with zero attached hydrogens (tertiary/aromatic N) is 5. The summed E-state index contributed by atoms with van der Waals surface area (Å²) in [4.78, 5) is 31.3. The molecule has 2 N–H and O–H groups in total. The Morgan fingerprint density at radius 2 is 1.41 bits per heavy atom. The van der Waals surface area contributed by atoms with E-state index in [2.05, 4.69) is 25.4 Å². The minimum absolute atomic E-state index is 0.272. The highest BCUT2D eigenvalue weighted by atomic mass is 16.5. The molecule has 0 radical (unpaired) electrons. The van der Waals surface area contributed by atoms with Crippen LogP contribution >= 0.6 is 0 Å². The molecule has 0 bridgehead atoms. The van der Waals surface area contributed by atoms with E-state index in [1.807, 2.05) is 72.8 Å². The molecule has 0 fully saturated rings. The molecule has 3 aromatic heterocycles. The van der Waals surface area contributed by atoms with Gasteiger partial charge in [-0.05, 0) is 23.3 Å². The zero-order valence-corrected chi connectivity index (χ0v) is 19.8. The molecule has 0 unspecified atom stereocenters. The van der Waals surface area contributed by atoms with Gasteiger partial charge in [0.25, 0.3) is 5.56 Å². The summed E-state index contributed by atoms with van der Waals surface area (Å²) in [6.07, 6.45) is 2.76. The van der Waals surface area contributed by atoms with Crippen molar-refractivity contribution in [2.45, 2.75) is 0 Å². The highest BCUT2D eigenvalue weighted by Crippen LogP contribution is 2.36. The fraction of sp³-hybridized carbons (Fsp3) is 0.0357. The molecule has 37 heavy (non-hydrogen) atoms. The van der Waals surface area contributed by atoms with Gasteiger partial charge in [-0.2, -0.15) is 4.52 Å². The number of aromatic amines is 1. The predicted octanol–water partition coefficient (Wildman–Crippen LogP) is 4.96. The first-order valence-electron chi connectivity index (χ1n) is 11.6. The van der Waals surface area contributed by atoms with E-state index in [-0.39, 0.29) is 11.5 Å². The van der Waals surface area contributed by atoms with Crippen LogP contribution in [0.3, 0.4) is 0 Å². The molecule has 0 aliphatic carbocycles. The lowest BCUT2D eigenvalue weighted by atomic mass is 10.0. The summed E-state index contributed by atoms with van der Waals surface area (Å²) < 4.78 is 6.79. The van der Waals surface area contributed by atoms with Gasteiger partial charge in [0.15, 0.2) is 5.65 Å². The number of fused-ring (bicyclic) bond motifs is 1. The van der Waals surface area contributed by atoms with Gasteiger partial charge in [-0.25, -0.2) is 19.9 Å². The first-order valence-corrected chi connectivity index (χ1v) is 11.6. The largest absolute Gasteiger partial charge is 0.497 e. The molecule has 0 atom stereocenters. The molecule has 3 aromatic carbocycles. The van der Waals surface area contributed by atoms with Crippen molar-refractivity contribution in [1.29, 1.82) is 0 Å². The molecule has 3 heterocycles. The number of rotatable bonds is 6. The van der Waals surface area contributed by atoms with Crippen LogP contribution in [-0.2, 0) is 0 Å². The Balaban J connectivity index is 1.67. The fourth-order valence-corrected chi connectivity index (χ4v) is 4.28. The molecular weight excluding hydrogens is 466 g/mol. The zero-order chi connectivity index (χ0) is 25.2. The summed E-state index contributed by atoms with van der Waals surface area (Å²) in [5.74, 6) is 1.29. The third-order valence-corrected chi connectivity index (χ3v) is 6.01. The van der Waals surface area contributed by atoms with Crippen molar-refractivity contribution in [2.75, 3.05) is 12.4 Å². The second kappa shape index (κ2) is 9.38. The minimum Gasteiger partial charge on any atom is -0.497 e. The summed E-state index contributed by atoms with van der Waals surface area (Å²) in [5.41, 5.74) is 4.69. The van der Waals surface area contributed by atoms with Crippen LogP contribution in [0.4, 0.5) is 11.8 Å². The summed E-state index contributed by atoms with van der Waals surface area (Å²) >= 11 is 0. The SMILES string of the molecule is COc1ccc(-c2c(Nc3ncncn3)nc3c(-c4ccccc4)c(-c4ccccc4)[nH]n3c2=O)cc1. The van der Waals surface area contributed by atoms with Gasteiger partial charge in [-0.3, -0.25) is 9.89 Å². The summed E-state index contributed by atoms with van der Waals surface area (Å²) in [7, 11) is 1.60. The number of anilines is 2. The molecule has 6 aromatic rings. The van der Waals surface area contributed by atoms with Gasteiger partial charge < -0.3 is 10.1 Å². The Hall–Kier alpha value is -5.31. The third kappa shape index (κ3) is 4.08. The predicted molar refractivity (Wildman–Crippen MR) is 142 cm³/mol. The summed E-state index contributed by atoms with van der Waals surface area (Å²) in [5, 5.41) is 6.45. The highest BCUT2D eigenvalue weighted by Gasteiger charge is 2.23. The normalized spacial score (nSPS) is 10.9. The quantitative estimate of drug-likeness (QED) is 0.342. The van der Waals surface area contributed by atoms with E-state index >= 15 is 0 Å². The number of aromatic nitrogens is 6. The number of nitrogens with one attached hydrogen (secondary N) is 2. The second-order valence-electron chi connectivity index (χ2n) is 8.21. The maximum absolute atomic E-state index is 14.1. The molecule has 0 saturated carbocycles. The van der Waals surface area contributed by atoms with Crippen molar-refractivity contribution in [3.63, 3.8) is 0 Å². The highest BCUT2D eigenvalue weighted by molar-refractivity contribution is 5.92. The van der Waals surface area contributed by atoms with Crippen LogP contribution in [0.25, 0.3) is 39.2 Å². The van der Waals surface area contributed by atoms with E-state index < -0.39 is 0 Å².